The summed E-state index contributed by atoms with van der Waals surface area (Å²) in [5, 5.41) is 17.9. The molecule has 0 radical (unpaired) electrons. The number of hydrogen-bond donors (Lipinski definition) is 2. The predicted octanol–water partition coefficient (Wildman–Crippen LogP) is 1.67. The molecule has 0 atom stereocenters. The Kier molecular flexibility index (Phi) is 4.58. The lowest BCUT2D eigenvalue weighted by atomic mass is 10.4. The number of halogens is 1. The van der Waals surface area contributed by atoms with Gasteiger partial charge in [0.2, 0.25) is 0 Å². The van der Waals surface area contributed by atoms with Crippen molar-refractivity contribution >= 4 is 33.8 Å². The molecule has 0 aliphatic carbocycles. The highest BCUT2D eigenvalue weighted by molar-refractivity contribution is 9.10. The monoisotopic (exact) mass is 301 g/mol. The van der Waals surface area contributed by atoms with Crippen LogP contribution in [0.4, 0.5) is 10.6 Å². The van der Waals surface area contributed by atoms with Gasteiger partial charge in [0.25, 0.3) is 0 Å². The summed E-state index contributed by atoms with van der Waals surface area (Å²) in [4.78, 5) is 21.7. The van der Waals surface area contributed by atoms with Gasteiger partial charge in [0.05, 0.1) is 4.47 Å². The molecule has 0 spiro atoms. The Bertz CT molecular complexity index is 464. The first-order valence-electron chi connectivity index (χ1n) is 4.35. The number of ether oxygens (including phenoxy) is 1. The van der Waals surface area contributed by atoms with Crippen molar-refractivity contribution in [2.75, 3.05) is 11.9 Å². The number of nitrogens with zero attached hydrogens (tertiary/aromatic N) is 2. The number of carboxylic acids is 1. The van der Waals surface area contributed by atoms with Gasteiger partial charge < -0.3 is 9.84 Å². The van der Waals surface area contributed by atoms with Gasteiger partial charge in [0.1, 0.15) is 6.61 Å². The van der Waals surface area contributed by atoms with Crippen molar-refractivity contribution in [2.24, 2.45) is 0 Å². The van der Waals surface area contributed by atoms with Crippen LogP contribution in [0.15, 0.2) is 23.2 Å². The average Bonchev–Trinajstić information content (AvgIpc) is 2.28. The second-order valence-electron chi connectivity index (χ2n) is 2.74. The zero-order valence-corrected chi connectivity index (χ0v) is 10.1. The van der Waals surface area contributed by atoms with E-state index in [2.05, 4.69) is 42.8 Å². The number of rotatable bonds is 4. The van der Waals surface area contributed by atoms with Gasteiger partial charge in [-0.25, -0.2) is 9.59 Å². The Labute approximate surface area is 105 Å². The summed E-state index contributed by atoms with van der Waals surface area (Å²) in [6.07, 6.45) is 0.677. The van der Waals surface area contributed by atoms with Gasteiger partial charge in [-0.1, -0.05) is 12.7 Å². The normalized spacial score (nSPS) is 9.47. The van der Waals surface area contributed by atoms with Gasteiger partial charge in [0.15, 0.2) is 11.5 Å². The lowest BCUT2D eigenvalue weighted by molar-refractivity contribution is 0.0689. The van der Waals surface area contributed by atoms with Crippen molar-refractivity contribution in [1.29, 1.82) is 0 Å². The molecule has 1 aromatic rings. The number of carboxylic acid groups (broad SMARTS) is 1. The summed E-state index contributed by atoms with van der Waals surface area (Å²) in [7, 11) is 0. The second-order valence-corrected chi connectivity index (χ2v) is 3.60. The fourth-order valence-electron chi connectivity index (χ4n) is 0.825. The van der Waals surface area contributed by atoms with Gasteiger partial charge in [-0.05, 0) is 22.0 Å². The van der Waals surface area contributed by atoms with Gasteiger partial charge in [-0.2, -0.15) is 0 Å². The van der Waals surface area contributed by atoms with E-state index < -0.39 is 12.1 Å². The van der Waals surface area contributed by atoms with Crippen molar-refractivity contribution in [3.63, 3.8) is 0 Å². The Balaban J connectivity index is 2.75. The molecule has 1 amide bonds. The average molecular weight is 302 g/mol. The molecule has 0 bridgehead atoms. The van der Waals surface area contributed by atoms with Crippen LogP contribution in [-0.4, -0.2) is 34.0 Å². The quantitative estimate of drug-likeness (QED) is 0.820. The fourth-order valence-corrected chi connectivity index (χ4v) is 1.22. The Hall–Kier alpha value is -1.96. The number of carbonyl (C=O) groups is 2. The fraction of sp³-hybridized carbons (Fsp3) is 0.111. The molecular weight excluding hydrogens is 294 g/mol. The van der Waals surface area contributed by atoms with Crippen LogP contribution >= 0.6 is 15.9 Å². The van der Waals surface area contributed by atoms with Crippen LogP contribution in [0.2, 0.25) is 0 Å². The summed E-state index contributed by atoms with van der Waals surface area (Å²) < 4.78 is 4.95. The number of anilines is 1. The van der Waals surface area contributed by atoms with E-state index in [1.54, 1.807) is 0 Å². The van der Waals surface area contributed by atoms with Gasteiger partial charge >= 0.3 is 12.1 Å². The van der Waals surface area contributed by atoms with Crippen molar-refractivity contribution < 1.29 is 19.4 Å². The standard InChI is InChI=1S/C9H8BrN3O4/c1-2-3-17-9(16)11-7-5(10)4-6(8(14)15)12-13-7/h2,4H,1,3H2,(H,14,15)(H,11,13,16). The highest BCUT2D eigenvalue weighted by Gasteiger charge is 2.12. The lowest BCUT2D eigenvalue weighted by Gasteiger charge is -2.05. The maximum atomic E-state index is 11.2. The number of amides is 1. The zero-order chi connectivity index (χ0) is 12.8. The Morgan fingerprint density at radius 1 is 1.59 bits per heavy atom. The van der Waals surface area contributed by atoms with Gasteiger partial charge in [0, 0.05) is 0 Å². The molecule has 0 saturated carbocycles. The first-order valence-corrected chi connectivity index (χ1v) is 5.15. The van der Waals surface area contributed by atoms with Crippen molar-refractivity contribution in [2.45, 2.75) is 0 Å². The first kappa shape index (κ1) is 13.1. The molecule has 1 rings (SSSR count). The molecule has 17 heavy (non-hydrogen) atoms. The van der Waals surface area contributed by atoms with Crippen molar-refractivity contribution in [1.82, 2.24) is 10.2 Å². The number of nitrogens with one attached hydrogen (secondary N) is 1. The van der Waals surface area contributed by atoms with E-state index in [1.165, 1.54) is 12.1 Å². The van der Waals surface area contributed by atoms with Crippen molar-refractivity contribution in [3.8, 4) is 0 Å². The molecule has 8 heteroatoms. The zero-order valence-electron chi connectivity index (χ0n) is 8.51. The molecule has 0 fully saturated rings. The molecular formula is C9H8BrN3O4. The maximum Gasteiger partial charge on any atom is 0.413 e. The predicted molar refractivity (Wildman–Crippen MR) is 61.9 cm³/mol. The maximum absolute atomic E-state index is 11.2. The van der Waals surface area contributed by atoms with E-state index in [0.717, 1.165) is 0 Å². The number of carbonyl (C=O) groups excluding carboxylic acids is 1. The van der Waals surface area contributed by atoms with Crippen LogP contribution in [0.5, 0.6) is 0 Å². The SMILES string of the molecule is C=CCOC(=O)Nc1nnc(C(=O)O)cc1Br. The summed E-state index contributed by atoms with van der Waals surface area (Å²) in [5.74, 6) is -1.14. The highest BCUT2D eigenvalue weighted by Crippen LogP contribution is 2.19. The minimum absolute atomic E-state index is 0.0596. The molecule has 0 aliphatic rings. The topological polar surface area (TPSA) is 101 Å². The van der Waals surface area contributed by atoms with E-state index in [1.807, 2.05) is 0 Å². The molecule has 1 aromatic heterocycles. The first-order chi connectivity index (χ1) is 8.04. The van der Waals surface area contributed by atoms with Crippen LogP contribution in [-0.2, 0) is 4.74 Å². The molecule has 0 unspecified atom stereocenters. The van der Waals surface area contributed by atoms with Crippen LogP contribution in [0.25, 0.3) is 0 Å². The largest absolute Gasteiger partial charge is 0.476 e. The van der Waals surface area contributed by atoms with Gasteiger partial charge in [-0.3, -0.25) is 5.32 Å². The van der Waals surface area contributed by atoms with E-state index in [9.17, 15) is 9.59 Å². The van der Waals surface area contributed by atoms with E-state index >= 15 is 0 Å². The molecule has 0 aliphatic heterocycles. The van der Waals surface area contributed by atoms with Crippen LogP contribution in [0, 0.1) is 0 Å². The third-order valence-electron chi connectivity index (χ3n) is 1.52. The summed E-state index contributed by atoms with van der Waals surface area (Å²) in [6.45, 7) is 3.44. The minimum atomic E-state index is -1.21. The third-order valence-corrected chi connectivity index (χ3v) is 2.12. The molecule has 0 aromatic carbocycles. The second kappa shape index (κ2) is 5.94. The molecule has 1 heterocycles. The highest BCUT2D eigenvalue weighted by atomic mass is 79.9. The van der Waals surface area contributed by atoms with E-state index in [0.29, 0.717) is 4.47 Å². The van der Waals surface area contributed by atoms with Crippen LogP contribution in [0.1, 0.15) is 10.5 Å². The number of aromatic carboxylic acids is 1. The summed E-state index contributed by atoms with van der Waals surface area (Å²) >= 11 is 3.06. The lowest BCUT2D eigenvalue weighted by Crippen LogP contribution is -2.16. The minimum Gasteiger partial charge on any atom is -0.476 e. The smallest absolute Gasteiger partial charge is 0.413 e. The van der Waals surface area contributed by atoms with Crippen LogP contribution in [0.3, 0.4) is 0 Å². The number of aromatic nitrogens is 2. The Morgan fingerprint density at radius 3 is 2.82 bits per heavy atom. The summed E-state index contributed by atoms with van der Waals surface area (Å²) in [6, 6.07) is 1.22. The molecule has 0 saturated heterocycles. The summed E-state index contributed by atoms with van der Waals surface area (Å²) in [5.41, 5.74) is -0.234. The molecule has 2 N–H and O–H groups in total. The van der Waals surface area contributed by atoms with E-state index in [-0.39, 0.29) is 18.1 Å². The van der Waals surface area contributed by atoms with Crippen molar-refractivity contribution in [3.05, 3.63) is 28.9 Å². The third kappa shape index (κ3) is 3.83. The number of hydrogen-bond acceptors (Lipinski definition) is 5. The molecule has 7 nitrogen and oxygen atoms in total. The van der Waals surface area contributed by atoms with E-state index in [4.69, 9.17) is 5.11 Å². The van der Waals surface area contributed by atoms with Gasteiger partial charge in [-0.15, -0.1) is 10.2 Å². The van der Waals surface area contributed by atoms with Crippen LogP contribution < -0.4 is 5.32 Å². The Morgan fingerprint density at radius 2 is 2.29 bits per heavy atom. The molecule has 90 valence electrons.